The minimum Gasteiger partial charge on any atom is -0.496 e. The molecule has 5 atom stereocenters. The van der Waals surface area contributed by atoms with Gasteiger partial charge in [0.2, 0.25) is 0 Å². The van der Waals surface area contributed by atoms with Gasteiger partial charge in [-0.25, -0.2) is 4.79 Å². The molecule has 7 heteroatoms. The van der Waals surface area contributed by atoms with Crippen LogP contribution in [-0.4, -0.2) is 47.2 Å². The Balaban J connectivity index is 1.80. The van der Waals surface area contributed by atoms with Gasteiger partial charge >= 0.3 is 5.97 Å². The quantitative estimate of drug-likeness (QED) is 0.293. The standard InChI is InChI=1S/C36H46N2O5/c1-23(43-27-17-13-10-14-18-27)33(39)38-31(24-15-11-9-12-16-24)30(29(36(5,6)7)32(38)34(40)41)37-22-25-21-26(35(2,3)4)19-20-28(25)42-8/h9-21,23,29-32,37H,22H2,1-8H3,(H,40,41)/t23-,29-,30-,31-,32-/m0/s1. The van der Waals surface area contributed by atoms with Crippen LogP contribution in [0.3, 0.4) is 0 Å². The van der Waals surface area contributed by atoms with Crippen LogP contribution in [0.15, 0.2) is 78.9 Å². The largest absolute Gasteiger partial charge is 0.496 e. The zero-order valence-electron chi connectivity index (χ0n) is 26.6. The molecule has 0 radical (unpaired) electrons. The van der Waals surface area contributed by atoms with Crippen LogP contribution in [0, 0.1) is 11.3 Å². The smallest absolute Gasteiger partial charge is 0.326 e. The molecule has 3 aromatic rings. The minimum atomic E-state index is -1.07. The maximum Gasteiger partial charge on any atom is 0.326 e. The number of aliphatic carboxylic acids is 1. The van der Waals surface area contributed by atoms with Crippen molar-refractivity contribution in [2.75, 3.05) is 7.11 Å². The van der Waals surface area contributed by atoms with E-state index in [-0.39, 0.29) is 17.4 Å². The van der Waals surface area contributed by atoms with E-state index < -0.39 is 35.5 Å². The van der Waals surface area contributed by atoms with E-state index in [0.29, 0.717) is 12.3 Å². The lowest BCUT2D eigenvalue weighted by Crippen LogP contribution is -2.50. The number of ether oxygens (including phenoxy) is 2. The molecule has 1 heterocycles. The third-order valence-electron chi connectivity index (χ3n) is 8.39. The van der Waals surface area contributed by atoms with Gasteiger partial charge < -0.3 is 24.8 Å². The second-order valence-corrected chi connectivity index (χ2v) is 13.5. The van der Waals surface area contributed by atoms with E-state index in [9.17, 15) is 14.7 Å². The van der Waals surface area contributed by atoms with Crippen LogP contribution in [0.5, 0.6) is 11.5 Å². The zero-order chi connectivity index (χ0) is 31.5. The van der Waals surface area contributed by atoms with Gasteiger partial charge in [-0.15, -0.1) is 0 Å². The number of hydrogen-bond donors (Lipinski definition) is 2. The number of likely N-dealkylation sites (tertiary alicyclic amines) is 1. The number of rotatable bonds is 9. The fourth-order valence-corrected chi connectivity index (χ4v) is 6.30. The van der Waals surface area contributed by atoms with Crippen molar-refractivity contribution in [1.82, 2.24) is 10.2 Å². The lowest BCUT2D eigenvalue weighted by atomic mass is 9.72. The first-order chi connectivity index (χ1) is 20.2. The van der Waals surface area contributed by atoms with Crippen molar-refractivity contribution >= 4 is 11.9 Å². The molecule has 230 valence electrons. The third-order valence-corrected chi connectivity index (χ3v) is 8.39. The highest BCUT2D eigenvalue weighted by Crippen LogP contribution is 2.48. The van der Waals surface area contributed by atoms with Gasteiger partial charge in [-0.2, -0.15) is 0 Å². The summed E-state index contributed by atoms with van der Waals surface area (Å²) in [6.07, 6.45) is -0.890. The molecule has 0 spiro atoms. The molecule has 2 N–H and O–H groups in total. The normalized spacial score (nSPS) is 21.3. The highest BCUT2D eigenvalue weighted by molar-refractivity contribution is 5.88. The van der Waals surface area contributed by atoms with Crippen molar-refractivity contribution < 1.29 is 24.2 Å². The van der Waals surface area contributed by atoms with E-state index in [2.05, 4.69) is 38.2 Å². The molecule has 7 nitrogen and oxygen atoms in total. The average Bonchev–Trinajstić information content (AvgIpc) is 3.32. The molecule has 1 aliphatic heterocycles. The summed E-state index contributed by atoms with van der Waals surface area (Å²) in [5.41, 5.74) is 2.52. The van der Waals surface area contributed by atoms with Gasteiger partial charge in [-0.1, -0.05) is 102 Å². The number of carbonyl (C=O) groups excluding carboxylic acids is 1. The predicted molar refractivity (Wildman–Crippen MR) is 169 cm³/mol. The van der Waals surface area contributed by atoms with Crippen LogP contribution >= 0.6 is 0 Å². The van der Waals surface area contributed by atoms with Gasteiger partial charge in [0.15, 0.2) is 6.10 Å². The molecule has 0 unspecified atom stereocenters. The number of amides is 1. The molecule has 3 aromatic carbocycles. The van der Waals surface area contributed by atoms with Crippen LogP contribution in [0.4, 0.5) is 0 Å². The number of carboxylic acids is 1. The van der Waals surface area contributed by atoms with Gasteiger partial charge in [0.1, 0.15) is 17.5 Å². The van der Waals surface area contributed by atoms with E-state index in [4.69, 9.17) is 9.47 Å². The predicted octanol–water partition coefficient (Wildman–Crippen LogP) is 6.62. The number of nitrogens with zero attached hydrogens (tertiary/aromatic N) is 1. The van der Waals surface area contributed by atoms with Gasteiger partial charge in [-0.05, 0) is 47.1 Å². The first-order valence-electron chi connectivity index (χ1n) is 15.0. The van der Waals surface area contributed by atoms with Crippen LogP contribution in [0.1, 0.15) is 71.2 Å². The zero-order valence-corrected chi connectivity index (χ0v) is 26.6. The van der Waals surface area contributed by atoms with E-state index in [0.717, 1.165) is 16.9 Å². The van der Waals surface area contributed by atoms with E-state index in [1.165, 1.54) is 5.56 Å². The number of carbonyl (C=O) groups is 2. The van der Waals surface area contributed by atoms with Crippen LogP contribution in [0.2, 0.25) is 0 Å². The molecule has 4 rings (SSSR count). The highest BCUT2D eigenvalue weighted by Gasteiger charge is 2.58. The second kappa shape index (κ2) is 12.8. The van der Waals surface area contributed by atoms with Crippen LogP contribution in [0.25, 0.3) is 0 Å². The number of hydrogen-bond acceptors (Lipinski definition) is 5. The van der Waals surface area contributed by atoms with Crippen molar-refractivity contribution in [2.24, 2.45) is 11.3 Å². The number of benzene rings is 3. The Labute approximate surface area is 256 Å². The monoisotopic (exact) mass is 586 g/mol. The van der Waals surface area contributed by atoms with Gasteiger partial charge in [0.05, 0.1) is 13.2 Å². The van der Waals surface area contributed by atoms with E-state index >= 15 is 0 Å². The Kier molecular flexibility index (Phi) is 9.55. The summed E-state index contributed by atoms with van der Waals surface area (Å²) < 4.78 is 11.8. The van der Waals surface area contributed by atoms with E-state index in [1.807, 2.05) is 75.4 Å². The summed E-state index contributed by atoms with van der Waals surface area (Å²) in [7, 11) is 1.66. The summed E-state index contributed by atoms with van der Waals surface area (Å²) >= 11 is 0. The maximum atomic E-state index is 14.3. The first-order valence-corrected chi connectivity index (χ1v) is 15.0. The number of nitrogens with one attached hydrogen (secondary N) is 1. The lowest BCUT2D eigenvalue weighted by Gasteiger charge is -2.35. The molecular weight excluding hydrogens is 540 g/mol. The Bertz CT molecular complexity index is 1390. The summed E-state index contributed by atoms with van der Waals surface area (Å²) in [5.74, 6) is -0.498. The Morgan fingerprint density at radius 1 is 0.930 bits per heavy atom. The van der Waals surface area contributed by atoms with Gasteiger partial charge in [-0.3, -0.25) is 4.79 Å². The maximum absolute atomic E-state index is 14.3. The van der Waals surface area contributed by atoms with Crippen molar-refractivity contribution in [2.45, 2.75) is 84.7 Å². The molecule has 0 aliphatic carbocycles. The summed E-state index contributed by atoms with van der Waals surface area (Å²) in [6.45, 7) is 14.8. The van der Waals surface area contributed by atoms with Gasteiger partial charge in [0.25, 0.3) is 5.91 Å². The summed E-state index contributed by atoms with van der Waals surface area (Å²) in [6, 6.07) is 23.1. The molecule has 0 bridgehead atoms. The molecule has 0 aromatic heterocycles. The number of carboxylic acid groups (broad SMARTS) is 1. The molecule has 43 heavy (non-hydrogen) atoms. The average molecular weight is 587 g/mol. The van der Waals surface area contributed by atoms with Crippen LogP contribution in [-0.2, 0) is 21.5 Å². The number of methoxy groups -OCH3 is 1. The molecule has 1 fully saturated rings. The van der Waals surface area contributed by atoms with Crippen molar-refractivity contribution in [1.29, 1.82) is 0 Å². The molecule has 1 saturated heterocycles. The first kappa shape index (κ1) is 32.1. The second-order valence-electron chi connectivity index (χ2n) is 13.5. The Hall–Kier alpha value is -3.84. The summed E-state index contributed by atoms with van der Waals surface area (Å²) in [5, 5.41) is 14.5. The molecule has 1 aliphatic rings. The molecule has 1 amide bonds. The SMILES string of the molecule is COc1ccc(C(C)(C)C)cc1CN[C@H]1[C@H](C(C)(C)C)[C@@H](C(=O)O)N(C(=O)[C@H](C)Oc2ccccc2)[C@H]1c1ccccc1. The van der Waals surface area contributed by atoms with Crippen molar-refractivity contribution in [3.8, 4) is 11.5 Å². The topological polar surface area (TPSA) is 88.1 Å². The number of para-hydroxylation sites is 1. The minimum absolute atomic E-state index is 0.0542. The summed E-state index contributed by atoms with van der Waals surface area (Å²) in [4.78, 5) is 29.0. The van der Waals surface area contributed by atoms with Crippen LogP contribution < -0.4 is 14.8 Å². The lowest BCUT2D eigenvalue weighted by molar-refractivity contribution is -0.155. The Morgan fingerprint density at radius 3 is 2.07 bits per heavy atom. The van der Waals surface area contributed by atoms with Crippen molar-refractivity contribution in [3.05, 3.63) is 95.6 Å². The molecule has 0 saturated carbocycles. The third kappa shape index (κ3) is 7.04. The highest BCUT2D eigenvalue weighted by atomic mass is 16.5. The van der Waals surface area contributed by atoms with Gasteiger partial charge in [0, 0.05) is 24.1 Å². The Morgan fingerprint density at radius 2 is 1.53 bits per heavy atom. The fourth-order valence-electron chi connectivity index (χ4n) is 6.30. The van der Waals surface area contributed by atoms with E-state index in [1.54, 1.807) is 31.1 Å². The fraction of sp³-hybridized carbons (Fsp3) is 0.444. The molecular formula is C36H46N2O5. The van der Waals surface area contributed by atoms with Crippen molar-refractivity contribution in [3.63, 3.8) is 0 Å².